The number of hydrogen-bond acceptors (Lipinski definition) is 4. The van der Waals surface area contributed by atoms with Gasteiger partial charge in [-0.1, -0.05) is 17.7 Å². The van der Waals surface area contributed by atoms with Crippen LogP contribution in [0.3, 0.4) is 0 Å². The topological polar surface area (TPSA) is 66.9 Å². The molecule has 1 aromatic heterocycles. The van der Waals surface area contributed by atoms with E-state index in [-0.39, 0.29) is 11.6 Å². The highest BCUT2D eigenvalue weighted by atomic mass is 16.1. The molecule has 2 aromatic rings. The van der Waals surface area contributed by atoms with Crippen molar-refractivity contribution < 1.29 is 4.79 Å². The maximum absolute atomic E-state index is 12.1. The van der Waals surface area contributed by atoms with Crippen LogP contribution in [0.2, 0.25) is 0 Å². The molecule has 0 aliphatic rings. The third-order valence-electron chi connectivity index (χ3n) is 2.75. The molecule has 2 rings (SSSR count). The zero-order valence-corrected chi connectivity index (χ0v) is 11.2. The number of nitrogens with zero attached hydrogens (tertiary/aromatic N) is 2. The van der Waals surface area contributed by atoms with Gasteiger partial charge in [-0.15, -0.1) is 0 Å². The summed E-state index contributed by atoms with van der Waals surface area (Å²) in [6, 6.07) is 5.86. The quantitative estimate of drug-likeness (QED) is 0.884. The fourth-order valence-electron chi connectivity index (χ4n) is 1.74. The number of carbonyl (C=O) groups excluding carboxylic acids is 1. The fourth-order valence-corrected chi connectivity index (χ4v) is 1.74. The van der Waals surface area contributed by atoms with Crippen LogP contribution in [0.15, 0.2) is 30.6 Å². The first kappa shape index (κ1) is 13.0. The molecular weight excluding hydrogens is 240 g/mol. The zero-order valence-electron chi connectivity index (χ0n) is 11.2. The van der Waals surface area contributed by atoms with Crippen LogP contribution in [0, 0.1) is 13.8 Å². The van der Waals surface area contributed by atoms with Crippen LogP contribution in [-0.2, 0) is 0 Å². The highest BCUT2D eigenvalue weighted by Gasteiger charge is 2.10. The molecule has 5 nitrogen and oxygen atoms in total. The molecule has 0 aliphatic carbocycles. The van der Waals surface area contributed by atoms with Crippen molar-refractivity contribution in [2.24, 2.45) is 0 Å². The van der Waals surface area contributed by atoms with Crippen LogP contribution < -0.4 is 10.6 Å². The van der Waals surface area contributed by atoms with E-state index in [4.69, 9.17) is 0 Å². The molecule has 0 saturated carbocycles. The Morgan fingerprint density at radius 2 is 2.00 bits per heavy atom. The highest BCUT2D eigenvalue weighted by Crippen LogP contribution is 2.16. The highest BCUT2D eigenvalue weighted by molar-refractivity contribution is 6.03. The van der Waals surface area contributed by atoms with Gasteiger partial charge < -0.3 is 10.6 Å². The van der Waals surface area contributed by atoms with E-state index in [0.29, 0.717) is 5.82 Å². The van der Waals surface area contributed by atoms with E-state index in [1.54, 1.807) is 13.2 Å². The van der Waals surface area contributed by atoms with Crippen molar-refractivity contribution in [3.63, 3.8) is 0 Å². The zero-order chi connectivity index (χ0) is 13.8. The van der Waals surface area contributed by atoms with Crippen LogP contribution >= 0.6 is 0 Å². The summed E-state index contributed by atoms with van der Waals surface area (Å²) in [5.74, 6) is 0.296. The van der Waals surface area contributed by atoms with Crippen molar-refractivity contribution in [2.45, 2.75) is 13.8 Å². The van der Waals surface area contributed by atoms with Gasteiger partial charge in [-0.3, -0.25) is 9.78 Å². The lowest BCUT2D eigenvalue weighted by Gasteiger charge is -2.09. The van der Waals surface area contributed by atoms with E-state index >= 15 is 0 Å². The smallest absolute Gasteiger partial charge is 0.275 e. The summed E-state index contributed by atoms with van der Waals surface area (Å²) in [6.45, 7) is 3.97. The Morgan fingerprint density at radius 1 is 1.21 bits per heavy atom. The second kappa shape index (κ2) is 5.48. The molecule has 0 saturated heterocycles. The molecule has 1 heterocycles. The summed E-state index contributed by atoms with van der Waals surface area (Å²) in [4.78, 5) is 20.2. The van der Waals surface area contributed by atoms with Gasteiger partial charge in [0.15, 0.2) is 0 Å². The Hall–Kier alpha value is -2.43. The molecule has 98 valence electrons. The standard InChI is InChI=1S/C14H16N4O/c1-9-4-5-11(10(2)6-9)18-14(19)12-7-16-8-13(15-3)17-12/h4-8H,1-3H3,(H,15,17)(H,18,19). The molecule has 1 amide bonds. The van der Waals surface area contributed by atoms with Crippen LogP contribution in [-0.4, -0.2) is 22.9 Å². The van der Waals surface area contributed by atoms with Gasteiger partial charge in [0.1, 0.15) is 11.5 Å². The molecule has 0 radical (unpaired) electrons. The first-order valence-electron chi connectivity index (χ1n) is 5.98. The van der Waals surface area contributed by atoms with Gasteiger partial charge in [-0.25, -0.2) is 4.98 Å². The summed E-state index contributed by atoms with van der Waals surface area (Å²) in [7, 11) is 1.73. The van der Waals surface area contributed by atoms with E-state index in [1.165, 1.54) is 6.20 Å². The van der Waals surface area contributed by atoms with Crippen LogP contribution in [0.25, 0.3) is 0 Å². The Labute approximate surface area is 112 Å². The Morgan fingerprint density at radius 3 is 2.68 bits per heavy atom. The lowest BCUT2D eigenvalue weighted by atomic mass is 10.1. The van der Waals surface area contributed by atoms with Crippen molar-refractivity contribution in [3.8, 4) is 0 Å². The van der Waals surface area contributed by atoms with Crippen molar-refractivity contribution in [3.05, 3.63) is 47.4 Å². The number of carbonyl (C=O) groups is 1. The molecule has 2 N–H and O–H groups in total. The van der Waals surface area contributed by atoms with Crippen molar-refractivity contribution in [1.29, 1.82) is 0 Å². The molecule has 0 bridgehead atoms. The van der Waals surface area contributed by atoms with Crippen molar-refractivity contribution in [2.75, 3.05) is 17.7 Å². The monoisotopic (exact) mass is 256 g/mol. The van der Waals surface area contributed by atoms with E-state index in [0.717, 1.165) is 16.8 Å². The fraction of sp³-hybridized carbons (Fsp3) is 0.214. The van der Waals surface area contributed by atoms with E-state index < -0.39 is 0 Å². The molecule has 0 fully saturated rings. The molecule has 0 unspecified atom stereocenters. The summed E-state index contributed by atoms with van der Waals surface area (Å²) in [5, 5.41) is 5.69. The molecule has 1 aromatic carbocycles. The average molecular weight is 256 g/mol. The maximum Gasteiger partial charge on any atom is 0.275 e. The van der Waals surface area contributed by atoms with E-state index in [1.807, 2.05) is 32.0 Å². The van der Waals surface area contributed by atoms with Crippen LogP contribution in [0.5, 0.6) is 0 Å². The summed E-state index contributed by atoms with van der Waals surface area (Å²) < 4.78 is 0. The number of nitrogens with one attached hydrogen (secondary N) is 2. The Kier molecular flexibility index (Phi) is 3.75. The minimum absolute atomic E-state index is 0.267. The predicted octanol–water partition coefficient (Wildman–Crippen LogP) is 2.39. The van der Waals surface area contributed by atoms with Gasteiger partial charge in [-0.2, -0.15) is 0 Å². The van der Waals surface area contributed by atoms with Crippen LogP contribution in [0.1, 0.15) is 21.6 Å². The van der Waals surface area contributed by atoms with Gasteiger partial charge in [-0.05, 0) is 25.5 Å². The second-order valence-electron chi connectivity index (χ2n) is 4.31. The third kappa shape index (κ3) is 3.07. The van der Waals surface area contributed by atoms with Gasteiger partial charge in [0, 0.05) is 12.7 Å². The Bertz CT molecular complexity index is 610. The average Bonchev–Trinajstić information content (AvgIpc) is 2.42. The number of anilines is 2. The normalized spacial score (nSPS) is 10.1. The molecule has 19 heavy (non-hydrogen) atoms. The number of hydrogen-bond donors (Lipinski definition) is 2. The summed E-state index contributed by atoms with van der Waals surface area (Å²) in [5.41, 5.74) is 3.25. The lowest BCUT2D eigenvalue weighted by molar-refractivity contribution is 0.102. The number of aromatic nitrogens is 2. The summed E-state index contributed by atoms with van der Waals surface area (Å²) in [6.07, 6.45) is 3.01. The number of rotatable bonds is 3. The van der Waals surface area contributed by atoms with E-state index in [2.05, 4.69) is 20.6 Å². The van der Waals surface area contributed by atoms with Gasteiger partial charge in [0.2, 0.25) is 0 Å². The van der Waals surface area contributed by atoms with Crippen LogP contribution in [0.4, 0.5) is 11.5 Å². The predicted molar refractivity (Wildman–Crippen MR) is 75.4 cm³/mol. The largest absolute Gasteiger partial charge is 0.372 e. The molecular formula is C14H16N4O. The number of amides is 1. The first-order chi connectivity index (χ1) is 9.10. The minimum Gasteiger partial charge on any atom is -0.372 e. The summed E-state index contributed by atoms with van der Waals surface area (Å²) >= 11 is 0. The Balaban J connectivity index is 2.20. The molecule has 0 spiro atoms. The third-order valence-corrected chi connectivity index (χ3v) is 2.75. The van der Waals surface area contributed by atoms with Crippen molar-refractivity contribution in [1.82, 2.24) is 9.97 Å². The van der Waals surface area contributed by atoms with Gasteiger partial charge in [0.25, 0.3) is 5.91 Å². The molecule has 5 heteroatoms. The molecule has 0 atom stereocenters. The minimum atomic E-state index is -0.267. The van der Waals surface area contributed by atoms with E-state index in [9.17, 15) is 4.79 Å². The van der Waals surface area contributed by atoms with Crippen molar-refractivity contribution >= 4 is 17.4 Å². The second-order valence-corrected chi connectivity index (χ2v) is 4.31. The number of aryl methyl sites for hydroxylation is 2. The van der Waals surface area contributed by atoms with Gasteiger partial charge >= 0.3 is 0 Å². The molecule has 0 aliphatic heterocycles. The maximum atomic E-state index is 12.1. The number of benzene rings is 1. The SMILES string of the molecule is CNc1cncc(C(=O)Nc2ccc(C)cc2C)n1. The lowest BCUT2D eigenvalue weighted by Crippen LogP contribution is -2.15. The van der Waals surface area contributed by atoms with Gasteiger partial charge in [0.05, 0.1) is 12.4 Å². The first-order valence-corrected chi connectivity index (χ1v) is 5.98.